The van der Waals surface area contributed by atoms with Crippen molar-refractivity contribution in [1.82, 2.24) is 0 Å². The Morgan fingerprint density at radius 3 is 2.27 bits per heavy atom. The summed E-state index contributed by atoms with van der Waals surface area (Å²) in [4.78, 5) is 11.5. The normalized spacial score (nSPS) is 18.5. The summed E-state index contributed by atoms with van der Waals surface area (Å²) in [6.45, 7) is 3.52. The molecule has 0 amide bonds. The summed E-state index contributed by atoms with van der Waals surface area (Å²) >= 11 is 0. The highest BCUT2D eigenvalue weighted by Crippen LogP contribution is 2.30. The van der Waals surface area contributed by atoms with Gasteiger partial charge in [0.2, 0.25) is 5.78 Å². The van der Waals surface area contributed by atoms with Crippen LogP contribution in [0.25, 0.3) is 5.76 Å². The Hall–Kier alpha value is -1.77. The van der Waals surface area contributed by atoms with Gasteiger partial charge in [-0.2, -0.15) is 0 Å². The summed E-state index contributed by atoms with van der Waals surface area (Å²) < 4.78 is 5.56. The van der Waals surface area contributed by atoms with Crippen LogP contribution in [-0.2, 0) is 9.53 Å². The molecule has 1 aliphatic rings. The van der Waals surface area contributed by atoms with Crippen molar-refractivity contribution in [3.8, 4) is 0 Å². The molecule has 0 saturated carbocycles. The van der Waals surface area contributed by atoms with Crippen LogP contribution in [0.4, 0.5) is 5.69 Å². The summed E-state index contributed by atoms with van der Waals surface area (Å²) in [6.07, 6.45) is 1.53. The molecule has 1 aromatic rings. The van der Waals surface area contributed by atoms with E-state index in [-0.39, 0.29) is 5.78 Å². The minimum Gasteiger partial charge on any atom is -0.479 e. The SMILES string of the molecule is CC1(C)OC(c2ccc(N)cc2)=CC1=O. The molecule has 0 unspecified atom stereocenters. The fraction of sp³-hybridized carbons (Fsp3) is 0.250. The second-order valence-electron chi connectivity index (χ2n) is 4.11. The first-order valence-electron chi connectivity index (χ1n) is 4.80. The number of nitrogen functional groups attached to an aromatic ring is 1. The first-order chi connectivity index (χ1) is 6.99. The quantitative estimate of drug-likeness (QED) is 0.710. The highest BCUT2D eigenvalue weighted by molar-refractivity contribution is 6.04. The third-order valence-electron chi connectivity index (χ3n) is 2.42. The van der Waals surface area contributed by atoms with E-state index in [0.29, 0.717) is 11.4 Å². The topological polar surface area (TPSA) is 52.3 Å². The molecule has 1 aromatic carbocycles. The number of benzene rings is 1. The highest BCUT2D eigenvalue weighted by atomic mass is 16.5. The van der Waals surface area contributed by atoms with Crippen molar-refractivity contribution < 1.29 is 9.53 Å². The van der Waals surface area contributed by atoms with Crippen molar-refractivity contribution >= 4 is 17.2 Å². The zero-order valence-electron chi connectivity index (χ0n) is 8.78. The predicted molar refractivity (Wildman–Crippen MR) is 59.0 cm³/mol. The number of ether oxygens (including phenoxy) is 1. The number of carbonyl (C=O) groups is 1. The van der Waals surface area contributed by atoms with Crippen LogP contribution in [0.1, 0.15) is 19.4 Å². The third kappa shape index (κ3) is 1.73. The molecular weight excluding hydrogens is 190 g/mol. The van der Waals surface area contributed by atoms with Gasteiger partial charge in [0.1, 0.15) is 5.76 Å². The van der Waals surface area contributed by atoms with E-state index in [0.717, 1.165) is 5.56 Å². The van der Waals surface area contributed by atoms with Crippen LogP contribution >= 0.6 is 0 Å². The number of rotatable bonds is 1. The Morgan fingerprint density at radius 2 is 1.80 bits per heavy atom. The van der Waals surface area contributed by atoms with E-state index in [2.05, 4.69) is 0 Å². The average Bonchev–Trinajstić information content (AvgIpc) is 2.42. The Morgan fingerprint density at radius 1 is 1.20 bits per heavy atom. The maximum absolute atomic E-state index is 11.5. The lowest BCUT2D eigenvalue weighted by molar-refractivity contribution is -0.125. The maximum Gasteiger partial charge on any atom is 0.202 e. The predicted octanol–water partition coefficient (Wildman–Crippen LogP) is 1.99. The summed E-state index contributed by atoms with van der Waals surface area (Å²) in [5.41, 5.74) is 6.41. The number of hydrogen-bond donors (Lipinski definition) is 1. The molecule has 3 nitrogen and oxygen atoms in total. The number of anilines is 1. The molecule has 2 rings (SSSR count). The molecule has 0 spiro atoms. The standard InChI is InChI=1S/C12H13NO2/c1-12(2)11(14)7-10(15-12)8-3-5-9(13)6-4-8/h3-7H,13H2,1-2H3. The lowest BCUT2D eigenvalue weighted by Gasteiger charge is -2.18. The van der Waals surface area contributed by atoms with Gasteiger partial charge >= 0.3 is 0 Å². The van der Waals surface area contributed by atoms with Gasteiger partial charge in [-0.1, -0.05) is 0 Å². The largest absolute Gasteiger partial charge is 0.479 e. The average molecular weight is 203 g/mol. The molecule has 2 N–H and O–H groups in total. The van der Waals surface area contributed by atoms with Crippen molar-refractivity contribution in [2.45, 2.75) is 19.4 Å². The number of carbonyl (C=O) groups excluding carboxylic acids is 1. The van der Waals surface area contributed by atoms with E-state index in [1.807, 2.05) is 12.1 Å². The van der Waals surface area contributed by atoms with E-state index in [4.69, 9.17) is 10.5 Å². The second kappa shape index (κ2) is 3.12. The minimum absolute atomic E-state index is 0.00525. The van der Waals surface area contributed by atoms with Gasteiger partial charge in [-0.15, -0.1) is 0 Å². The lowest BCUT2D eigenvalue weighted by Crippen LogP contribution is -2.27. The van der Waals surface area contributed by atoms with E-state index >= 15 is 0 Å². The second-order valence-corrected chi connectivity index (χ2v) is 4.11. The number of ketones is 1. The van der Waals surface area contributed by atoms with Gasteiger partial charge in [-0.05, 0) is 38.1 Å². The van der Waals surface area contributed by atoms with Crippen molar-refractivity contribution in [1.29, 1.82) is 0 Å². The van der Waals surface area contributed by atoms with Crippen LogP contribution < -0.4 is 5.73 Å². The van der Waals surface area contributed by atoms with Gasteiger partial charge in [0, 0.05) is 17.3 Å². The Bertz CT molecular complexity index is 429. The molecule has 1 aliphatic heterocycles. The van der Waals surface area contributed by atoms with Gasteiger partial charge in [-0.3, -0.25) is 4.79 Å². The van der Waals surface area contributed by atoms with E-state index < -0.39 is 5.60 Å². The van der Waals surface area contributed by atoms with Gasteiger partial charge in [0.05, 0.1) is 0 Å². The minimum atomic E-state index is -0.739. The van der Waals surface area contributed by atoms with E-state index in [1.165, 1.54) is 6.08 Å². The molecular formula is C12H13NO2. The zero-order valence-corrected chi connectivity index (χ0v) is 8.78. The van der Waals surface area contributed by atoms with Crippen LogP contribution in [0.2, 0.25) is 0 Å². The third-order valence-corrected chi connectivity index (χ3v) is 2.42. The zero-order chi connectivity index (χ0) is 11.1. The summed E-state index contributed by atoms with van der Waals surface area (Å²) in [5, 5.41) is 0. The highest BCUT2D eigenvalue weighted by Gasteiger charge is 2.35. The Balaban J connectivity index is 2.31. The lowest BCUT2D eigenvalue weighted by atomic mass is 10.1. The summed E-state index contributed by atoms with van der Waals surface area (Å²) in [5.74, 6) is 0.610. The maximum atomic E-state index is 11.5. The number of nitrogens with two attached hydrogens (primary N) is 1. The van der Waals surface area contributed by atoms with Crippen molar-refractivity contribution in [2.75, 3.05) is 5.73 Å². The fourth-order valence-electron chi connectivity index (χ4n) is 1.44. The van der Waals surface area contributed by atoms with Gasteiger partial charge in [0.15, 0.2) is 5.60 Å². The molecule has 0 radical (unpaired) electrons. The smallest absolute Gasteiger partial charge is 0.202 e. The molecule has 3 heteroatoms. The van der Waals surface area contributed by atoms with Crippen LogP contribution in [0.3, 0.4) is 0 Å². The molecule has 0 bridgehead atoms. The first-order valence-corrected chi connectivity index (χ1v) is 4.80. The molecule has 0 aromatic heterocycles. The van der Waals surface area contributed by atoms with Gasteiger partial charge in [0.25, 0.3) is 0 Å². The van der Waals surface area contributed by atoms with Crippen LogP contribution in [-0.4, -0.2) is 11.4 Å². The summed E-state index contributed by atoms with van der Waals surface area (Å²) in [7, 11) is 0. The van der Waals surface area contributed by atoms with Crippen molar-refractivity contribution in [2.24, 2.45) is 0 Å². The van der Waals surface area contributed by atoms with E-state index in [1.54, 1.807) is 26.0 Å². The van der Waals surface area contributed by atoms with Crippen LogP contribution in [0, 0.1) is 0 Å². The molecule has 0 atom stereocenters. The van der Waals surface area contributed by atoms with Crippen LogP contribution in [0.15, 0.2) is 30.3 Å². The molecule has 0 fully saturated rings. The number of hydrogen-bond acceptors (Lipinski definition) is 3. The summed E-state index contributed by atoms with van der Waals surface area (Å²) in [6, 6.07) is 7.26. The van der Waals surface area contributed by atoms with Gasteiger partial charge in [-0.25, -0.2) is 0 Å². The van der Waals surface area contributed by atoms with Crippen molar-refractivity contribution in [3.05, 3.63) is 35.9 Å². The molecule has 1 heterocycles. The Labute approximate surface area is 88.5 Å². The fourth-order valence-corrected chi connectivity index (χ4v) is 1.44. The molecule has 15 heavy (non-hydrogen) atoms. The molecule has 0 saturated heterocycles. The van der Waals surface area contributed by atoms with Crippen LogP contribution in [0.5, 0.6) is 0 Å². The Kier molecular flexibility index (Phi) is 2.03. The monoisotopic (exact) mass is 203 g/mol. The first kappa shape index (κ1) is 9.77. The van der Waals surface area contributed by atoms with Gasteiger partial charge < -0.3 is 10.5 Å². The van der Waals surface area contributed by atoms with E-state index in [9.17, 15) is 4.79 Å². The molecule has 78 valence electrons. The van der Waals surface area contributed by atoms with Crippen molar-refractivity contribution in [3.63, 3.8) is 0 Å². The molecule has 0 aliphatic carbocycles.